The molecule has 0 aliphatic heterocycles. The Morgan fingerprint density at radius 1 is 1.28 bits per heavy atom. The van der Waals surface area contributed by atoms with Gasteiger partial charge in [-0.25, -0.2) is 0 Å². The quantitative estimate of drug-likeness (QED) is 0.893. The Hall–Kier alpha value is -1.35. The van der Waals surface area contributed by atoms with Gasteiger partial charge in [-0.05, 0) is 30.0 Å². The number of carbonyl (C=O) groups excluding carboxylic acids is 1. The summed E-state index contributed by atoms with van der Waals surface area (Å²) in [5.74, 6) is 0.0211. The summed E-state index contributed by atoms with van der Waals surface area (Å²) < 4.78 is 0. The minimum absolute atomic E-state index is 0.00667. The molecule has 0 aliphatic carbocycles. The van der Waals surface area contributed by atoms with Crippen molar-refractivity contribution in [2.24, 2.45) is 5.73 Å². The first-order chi connectivity index (χ1) is 8.21. The van der Waals surface area contributed by atoms with E-state index in [9.17, 15) is 4.79 Å². The number of nitrogens with zero attached hydrogens (tertiary/aromatic N) is 1. The second-order valence-electron chi connectivity index (χ2n) is 5.99. The summed E-state index contributed by atoms with van der Waals surface area (Å²) in [4.78, 5) is 13.8. The van der Waals surface area contributed by atoms with Crippen molar-refractivity contribution in [3.63, 3.8) is 0 Å². The van der Waals surface area contributed by atoms with Gasteiger partial charge in [-0.1, -0.05) is 32.9 Å². The van der Waals surface area contributed by atoms with Gasteiger partial charge in [0.2, 0.25) is 0 Å². The van der Waals surface area contributed by atoms with Crippen molar-refractivity contribution in [1.29, 1.82) is 0 Å². The average Bonchev–Trinajstić information content (AvgIpc) is 2.26. The number of nitrogens with two attached hydrogens (primary N) is 1. The van der Waals surface area contributed by atoms with Crippen LogP contribution >= 0.6 is 0 Å². The van der Waals surface area contributed by atoms with Crippen LogP contribution in [0.4, 0.5) is 0 Å². The van der Waals surface area contributed by atoms with E-state index < -0.39 is 0 Å². The summed E-state index contributed by atoms with van der Waals surface area (Å²) in [6, 6.07) is 7.81. The zero-order valence-electron chi connectivity index (χ0n) is 12.0. The SMILES string of the molecule is CC(N)CN(C)C(=O)c1ccc(C(C)(C)C)cc1. The van der Waals surface area contributed by atoms with Gasteiger partial charge < -0.3 is 10.6 Å². The molecular formula is C15H24N2O. The van der Waals surface area contributed by atoms with Crippen LogP contribution in [0.3, 0.4) is 0 Å². The standard InChI is InChI=1S/C15H24N2O/c1-11(16)10-17(5)14(18)12-6-8-13(9-7-12)15(2,3)4/h6-9,11H,10,16H2,1-5H3. The van der Waals surface area contributed by atoms with E-state index in [2.05, 4.69) is 20.8 Å². The summed E-state index contributed by atoms with van der Waals surface area (Å²) in [5.41, 5.74) is 7.75. The van der Waals surface area contributed by atoms with Gasteiger partial charge in [-0.2, -0.15) is 0 Å². The molecule has 0 fully saturated rings. The van der Waals surface area contributed by atoms with Crippen LogP contribution in [0.15, 0.2) is 24.3 Å². The van der Waals surface area contributed by atoms with Gasteiger partial charge in [-0.3, -0.25) is 4.79 Å². The lowest BCUT2D eigenvalue weighted by Gasteiger charge is -2.21. The number of amides is 1. The second-order valence-corrected chi connectivity index (χ2v) is 5.99. The third-order valence-electron chi connectivity index (χ3n) is 2.91. The van der Waals surface area contributed by atoms with Crippen molar-refractivity contribution >= 4 is 5.91 Å². The first-order valence-corrected chi connectivity index (χ1v) is 6.33. The maximum absolute atomic E-state index is 12.1. The second kappa shape index (κ2) is 5.53. The maximum atomic E-state index is 12.1. The Bertz CT molecular complexity index is 401. The molecule has 0 spiro atoms. The molecule has 100 valence electrons. The van der Waals surface area contributed by atoms with Crippen LogP contribution < -0.4 is 5.73 Å². The Balaban J connectivity index is 2.82. The van der Waals surface area contributed by atoms with Crippen LogP contribution in [-0.4, -0.2) is 30.4 Å². The smallest absolute Gasteiger partial charge is 0.253 e. The summed E-state index contributed by atoms with van der Waals surface area (Å²) in [6.45, 7) is 8.94. The first-order valence-electron chi connectivity index (χ1n) is 6.33. The highest BCUT2D eigenvalue weighted by Gasteiger charge is 2.16. The van der Waals surface area contributed by atoms with Gasteiger partial charge in [0.15, 0.2) is 0 Å². The highest BCUT2D eigenvalue weighted by Crippen LogP contribution is 2.22. The van der Waals surface area contributed by atoms with Crippen LogP contribution in [0, 0.1) is 0 Å². The summed E-state index contributed by atoms with van der Waals surface area (Å²) in [5, 5.41) is 0. The van der Waals surface area contributed by atoms with E-state index in [1.54, 1.807) is 11.9 Å². The monoisotopic (exact) mass is 248 g/mol. The van der Waals surface area contributed by atoms with Crippen molar-refractivity contribution in [3.8, 4) is 0 Å². The van der Waals surface area contributed by atoms with E-state index in [1.165, 1.54) is 5.56 Å². The topological polar surface area (TPSA) is 46.3 Å². The number of rotatable bonds is 3. The lowest BCUT2D eigenvalue weighted by atomic mass is 9.86. The van der Waals surface area contributed by atoms with Crippen LogP contribution in [0.5, 0.6) is 0 Å². The highest BCUT2D eigenvalue weighted by molar-refractivity contribution is 5.94. The third kappa shape index (κ3) is 3.84. The molecule has 1 unspecified atom stereocenters. The van der Waals surface area contributed by atoms with Crippen LogP contribution in [0.25, 0.3) is 0 Å². The average molecular weight is 248 g/mol. The van der Waals surface area contributed by atoms with Crippen LogP contribution in [0.1, 0.15) is 43.6 Å². The molecular weight excluding hydrogens is 224 g/mol. The van der Waals surface area contributed by atoms with Crippen molar-refractivity contribution in [1.82, 2.24) is 4.90 Å². The molecule has 2 N–H and O–H groups in total. The predicted molar refractivity (Wildman–Crippen MR) is 75.8 cm³/mol. The number of hydrogen-bond acceptors (Lipinski definition) is 2. The first kappa shape index (κ1) is 14.7. The Labute approximate surface area is 110 Å². The molecule has 1 rings (SSSR count). The number of hydrogen-bond donors (Lipinski definition) is 1. The molecule has 1 aromatic rings. The van der Waals surface area contributed by atoms with E-state index >= 15 is 0 Å². The third-order valence-corrected chi connectivity index (χ3v) is 2.91. The molecule has 0 radical (unpaired) electrons. The Morgan fingerprint density at radius 2 is 1.78 bits per heavy atom. The van der Waals surface area contributed by atoms with Crippen molar-refractivity contribution in [2.75, 3.05) is 13.6 Å². The van der Waals surface area contributed by atoms with Gasteiger partial charge in [0.05, 0.1) is 0 Å². The molecule has 0 heterocycles. The van der Waals surface area contributed by atoms with Crippen LogP contribution in [0.2, 0.25) is 0 Å². The van der Waals surface area contributed by atoms with Crippen LogP contribution in [-0.2, 0) is 5.41 Å². The molecule has 3 heteroatoms. The maximum Gasteiger partial charge on any atom is 0.253 e. The predicted octanol–water partition coefficient (Wildman–Crippen LogP) is 2.40. The Kier molecular flexibility index (Phi) is 4.52. The van der Waals surface area contributed by atoms with E-state index in [0.29, 0.717) is 12.1 Å². The number of likely N-dealkylation sites (N-methyl/N-ethyl adjacent to an activating group) is 1. The lowest BCUT2D eigenvalue weighted by Crippen LogP contribution is -2.36. The lowest BCUT2D eigenvalue weighted by molar-refractivity contribution is 0.0789. The molecule has 3 nitrogen and oxygen atoms in total. The fraction of sp³-hybridized carbons (Fsp3) is 0.533. The highest BCUT2D eigenvalue weighted by atomic mass is 16.2. The summed E-state index contributed by atoms with van der Waals surface area (Å²) >= 11 is 0. The fourth-order valence-electron chi connectivity index (χ4n) is 1.85. The van der Waals surface area contributed by atoms with Gasteiger partial charge in [-0.15, -0.1) is 0 Å². The van der Waals surface area contributed by atoms with Crippen molar-refractivity contribution < 1.29 is 4.79 Å². The zero-order valence-corrected chi connectivity index (χ0v) is 12.0. The van der Waals surface area contributed by atoms with E-state index in [0.717, 1.165) is 0 Å². The molecule has 0 saturated heterocycles. The largest absolute Gasteiger partial charge is 0.340 e. The summed E-state index contributed by atoms with van der Waals surface area (Å²) in [6.07, 6.45) is 0. The molecule has 1 atom stereocenters. The molecule has 0 aliphatic rings. The van der Waals surface area contributed by atoms with E-state index in [1.807, 2.05) is 31.2 Å². The van der Waals surface area contributed by atoms with E-state index in [4.69, 9.17) is 5.73 Å². The number of carbonyl (C=O) groups is 1. The van der Waals surface area contributed by atoms with Gasteiger partial charge in [0.25, 0.3) is 5.91 Å². The van der Waals surface area contributed by atoms with Gasteiger partial charge in [0.1, 0.15) is 0 Å². The molecule has 1 amide bonds. The van der Waals surface area contributed by atoms with Crippen molar-refractivity contribution in [2.45, 2.75) is 39.2 Å². The minimum atomic E-state index is -0.00667. The molecule has 1 aromatic carbocycles. The molecule has 0 bridgehead atoms. The zero-order chi connectivity index (χ0) is 13.9. The molecule has 0 saturated carbocycles. The fourth-order valence-corrected chi connectivity index (χ4v) is 1.85. The normalized spacial score (nSPS) is 13.2. The summed E-state index contributed by atoms with van der Waals surface area (Å²) in [7, 11) is 1.78. The Morgan fingerprint density at radius 3 is 2.17 bits per heavy atom. The number of benzene rings is 1. The molecule has 0 aromatic heterocycles. The van der Waals surface area contributed by atoms with E-state index in [-0.39, 0.29) is 17.4 Å². The minimum Gasteiger partial charge on any atom is -0.340 e. The molecule has 18 heavy (non-hydrogen) atoms. The van der Waals surface area contributed by atoms with Crippen molar-refractivity contribution in [3.05, 3.63) is 35.4 Å². The van der Waals surface area contributed by atoms with Gasteiger partial charge >= 0.3 is 0 Å². The van der Waals surface area contributed by atoms with Gasteiger partial charge in [0, 0.05) is 25.2 Å².